The molecule has 164 valence electrons. The summed E-state index contributed by atoms with van der Waals surface area (Å²) in [6.45, 7) is 1.19. The second kappa shape index (κ2) is 9.34. The van der Waals surface area contributed by atoms with E-state index in [4.69, 9.17) is 5.84 Å². The van der Waals surface area contributed by atoms with Crippen molar-refractivity contribution in [2.75, 3.05) is 18.4 Å². The van der Waals surface area contributed by atoms with Crippen LogP contribution in [-0.2, 0) is 0 Å². The van der Waals surface area contributed by atoms with Crippen LogP contribution in [-0.4, -0.2) is 40.5 Å². The summed E-state index contributed by atoms with van der Waals surface area (Å²) in [5.74, 6) is 5.89. The molecule has 0 aliphatic carbocycles. The number of halogens is 3. The lowest BCUT2D eigenvalue weighted by molar-refractivity contribution is -0.122. The predicted octanol–water partition coefficient (Wildman–Crippen LogP) is 2.42. The fourth-order valence-electron chi connectivity index (χ4n) is 2.80. The van der Waals surface area contributed by atoms with E-state index in [1.165, 1.54) is 0 Å². The molecule has 3 rings (SSSR count). The van der Waals surface area contributed by atoms with E-state index in [-0.39, 0.29) is 0 Å². The van der Waals surface area contributed by atoms with E-state index >= 15 is 0 Å². The second-order valence-electron chi connectivity index (χ2n) is 6.42. The molecule has 0 bridgehead atoms. The van der Waals surface area contributed by atoms with Crippen LogP contribution in [0.4, 0.5) is 23.7 Å². The molecular weight excluding hydrogens is 413 g/mol. The molecule has 1 aromatic carbocycles. The first-order valence-corrected chi connectivity index (χ1v) is 9.27. The van der Waals surface area contributed by atoms with Gasteiger partial charge >= 0.3 is 12.2 Å². The van der Waals surface area contributed by atoms with Gasteiger partial charge in [0.2, 0.25) is 0 Å². The number of hydrogen-bond donors (Lipinski definition) is 5. The maximum absolute atomic E-state index is 12.2. The Bertz CT molecular complexity index is 1090. The SMILES string of the molecule is CCNNC(=NN)c1ccn2c(-c3cccc(NC(=O)NCC(F)(F)F)c3)cnc2c1. The highest BCUT2D eigenvalue weighted by Gasteiger charge is 2.27. The minimum absolute atomic E-state index is 0.344. The van der Waals surface area contributed by atoms with Crippen LogP contribution in [0.5, 0.6) is 0 Å². The van der Waals surface area contributed by atoms with Crippen molar-refractivity contribution in [2.24, 2.45) is 10.9 Å². The number of hydrazone groups is 1. The Kier molecular flexibility index (Phi) is 6.60. The summed E-state index contributed by atoms with van der Waals surface area (Å²) in [5.41, 5.74) is 8.98. The van der Waals surface area contributed by atoms with Gasteiger partial charge in [0.15, 0.2) is 5.84 Å². The summed E-state index contributed by atoms with van der Waals surface area (Å²) in [5, 5.41) is 7.88. The molecular formula is C19H21F3N8O. The van der Waals surface area contributed by atoms with Gasteiger partial charge < -0.3 is 21.9 Å². The predicted molar refractivity (Wildman–Crippen MR) is 111 cm³/mol. The zero-order valence-corrected chi connectivity index (χ0v) is 16.5. The number of nitrogens with one attached hydrogen (secondary N) is 4. The van der Waals surface area contributed by atoms with Gasteiger partial charge in [0.05, 0.1) is 11.9 Å². The van der Waals surface area contributed by atoms with Gasteiger partial charge in [-0.2, -0.15) is 18.3 Å². The third kappa shape index (κ3) is 5.63. The van der Waals surface area contributed by atoms with Gasteiger partial charge in [0, 0.05) is 29.6 Å². The van der Waals surface area contributed by atoms with Crippen LogP contribution in [0.2, 0.25) is 0 Å². The molecule has 2 aromatic heterocycles. The van der Waals surface area contributed by atoms with Gasteiger partial charge in [-0.05, 0) is 24.3 Å². The zero-order chi connectivity index (χ0) is 22.4. The first-order chi connectivity index (χ1) is 14.8. The minimum Gasteiger partial charge on any atom is -0.329 e. The number of hydrogen-bond acceptors (Lipinski definition) is 5. The van der Waals surface area contributed by atoms with Crippen molar-refractivity contribution in [1.29, 1.82) is 0 Å². The number of fused-ring (bicyclic) bond motifs is 1. The summed E-state index contributed by atoms with van der Waals surface area (Å²) in [6, 6.07) is 9.36. The Morgan fingerprint density at radius 1 is 1.26 bits per heavy atom. The van der Waals surface area contributed by atoms with Crippen molar-refractivity contribution in [3.05, 3.63) is 54.4 Å². The van der Waals surface area contributed by atoms with Crippen molar-refractivity contribution in [3.8, 4) is 11.3 Å². The van der Waals surface area contributed by atoms with Crippen LogP contribution in [0, 0.1) is 0 Å². The Labute approximate surface area is 175 Å². The fraction of sp³-hybridized carbons (Fsp3) is 0.211. The van der Waals surface area contributed by atoms with E-state index in [1.807, 2.05) is 11.3 Å². The first-order valence-electron chi connectivity index (χ1n) is 9.27. The molecule has 31 heavy (non-hydrogen) atoms. The van der Waals surface area contributed by atoms with E-state index in [9.17, 15) is 18.0 Å². The molecule has 9 nitrogen and oxygen atoms in total. The monoisotopic (exact) mass is 434 g/mol. The van der Waals surface area contributed by atoms with E-state index < -0.39 is 18.8 Å². The molecule has 0 unspecified atom stereocenters. The molecule has 0 saturated carbocycles. The smallest absolute Gasteiger partial charge is 0.329 e. The number of imidazole rings is 1. The molecule has 12 heteroatoms. The number of nitrogens with zero attached hydrogens (tertiary/aromatic N) is 3. The van der Waals surface area contributed by atoms with Gasteiger partial charge in [-0.25, -0.2) is 15.2 Å². The molecule has 0 aliphatic heterocycles. The number of urea groups is 1. The third-order valence-electron chi connectivity index (χ3n) is 4.16. The molecule has 6 N–H and O–H groups in total. The number of alkyl halides is 3. The van der Waals surface area contributed by atoms with E-state index in [0.717, 1.165) is 11.3 Å². The lowest BCUT2D eigenvalue weighted by Crippen LogP contribution is -2.38. The molecule has 0 fully saturated rings. The van der Waals surface area contributed by atoms with Crippen LogP contribution >= 0.6 is 0 Å². The highest BCUT2D eigenvalue weighted by molar-refractivity contribution is 5.99. The van der Waals surface area contributed by atoms with Crippen molar-refractivity contribution in [3.63, 3.8) is 0 Å². The van der Waals surface area contributed by atoms with Crippen molar-refractivity contribution < 1.29 is 18.0 Å². The normalized spacial score (nSPS) is 12.1. The summed E-state index contributed by atoms with van der Waals surface area (Å²) in [4.78, 5) is 16.1. The van der Waals surface area contributed by atoms with Crippen LogP contribution in [0.1, 0.15) is 12.5 Å². The van der Waals surface area contributed by atoms with Crippen LogP contribution < -0.4 is 27.3 Å². The number of benzene rings is 1. The molecule has 0 radical (unpaired) electrons. The number of rotatable bonds is 6. The molecule has 0 aliphatic rings. The largest absolute Gasteiger partial charge is 0.405 e. The Morgan fingerprint density at radius 2 is 2.06 bits per heavy atom. The van der Waals surface area contributed by atoms with Crippen molar-refractivity contribution in [1.82, 2.24) is 25.6 Å². The highest BCUT2D eigenvalue weighted by Crippen LogP contribution is 2.24. The first kappa shape index (κ1) is 21.9. The molecule has 2 heterocycles. The van der Waals surface area contributed by atoms with Gasteiger partial charge in [-0.3, -0.25) is 4.40 Å². The lowest BCUT2D eigenvalue weighted by Gasteiger charge is -2.11. The number of carbonyl (C=O) groups excluding carboxylic acids is 1. The molecule has 0 spiro atoms. The third-order valence-corrected chi connectivity index (χ3v) is 4.16. The standard InChI is InChI=1S/C19H21F3N8O/c1-2-26-29-17(28-23)13-6-7-30-15(10-24-16(30)9-13)12-4-3-5-14(8-12)27-18(31)25-11-19(20,21)22/h3-10,26H,2,11,23H2,1H3,(H,28,29)(H2,25,27,31). The Balaban J connectivity index is 1.81. The average Bonchev–Trinajstić information content (AvgIpc) is 3.16. The quantitative estimate of drug-likeness (QED) is 0.177. The number of aromatic nitrogens is 2. The van der Waals surface area contributed by atoms with Crippen LogP contribution in [0.3, 0.4) is 0 Å². The Hall–Kier alpha value is -3.80. The van der Waals surface area contributed by atoms with E-state index in [2.05, 4.69) is 26.3 Å². The lowest BCUT2D eigenvalue weighted by atomic mass is 10.1. The number of nitrogens with two attached hydrogens (primary N) is 1. The van der Waals surface area contributed by atoms with Gasteiger partial charge in [0.1, 0.15) is 12.2 Å². The average molecular weight is 434 g/mol. The second-order valence-corrected chi connectivity index (χ2v) is 6.42. The molecule has 3 aromatic rings. The summed E-state index contributed by atoms with van der Waals surface area (Å²) >= 11 is 0. The summed E-state index contributed by atoms with van der Waals surface area (Å²) < 4.78 is 38.6. The topological polar surface area (TPSA) is 121 Å². The number of anilines is 1. The van der Waals surface area contributed by atoms with Crippen molar-refractivity contribution in [2.45, 2.75) is 13.1 Å². The maximum atomic E-state index is 12.2. The number of pyridine rings is 1. The van der Waals surface area contributed by atoms with Crippen LogP contribution in [0.15, 0.2) is 53.9 Å². The van der Waals surface area contributed by atoms with Crippen molar-refractivity contribution >= 4 is 23.2 Å². The van der Waals surface area contributed by atoms with E-state index in [1.54, 1.807) is 54.1 Å². The van der Waals surface area contributed by atoms with E-state index in [0.29, 0.717) is 29.3 Å². The number of carbonyl (C=O) groups is 1. The molecule has 0 atom stereocenters. The fourth-order valence-corrected chi connectivity index (χ4v) is 2.80. The number of amides is 2. The van der Waals surface area contributed by atoms with Gasteiger partial charge in [0.25, 0.3) is 0 Å². The van der Waals surface area contributed by atoms with Gasteiger partial charge in [-0.1, -0.05) is 19.1 Å². The minimum atomic E-state index is -4.48. The summed E-state index contributed by atoms with van der Waals surface area (Å²) in [7, 11) is 0. The Morgan fingerprint density at radius 3 is 2.77 bits per heavy atom. The highest BCUT2D eigenvalue weighted by atomic mass is 19.4. The number of hydrazine groups is 1. The summed E-state index contributed by atoms with van der Waals surface area (Å²) in [6.07, 6.45) is -1.04. The van der Waals surface area contributed by atoms with Gasteiger partial charge in [-0.15, -0.1) is 0 Å². The molecule has 2 amide bonds. The van der Waals surface area contributed by atoms with Crippen LogP contribution in [0.25, 0.3) is 16.9 Å². The zero-order valence-electron chi connectivity index (χ0n) is 16.5. The maximum Gasteiger partial charge on any atom is 0.405 e. The molecule has 0 saturated heterocycles. The number of amidine groups is 1.